The van der Waals surface area contributed by atoms with Crippen molar-refractivity contribution < 1.29 is 4.74 Å². The van der Waals surface area contributed by atoms with Crippen LogP contribution in [0.4, 0.5) is 11.6 Å². The summed E-state index contributed by atoms with van der Waals surface area (Å²) in [6.07, 6.45) is 3.50. The first kappa shape index (κ1) is 16.0. The Morgan fingerprint density at radius 2 is 2.14 bits per heavy atom. The average molecular weight is 292 g/mol. The molecule has 0 amide bonds. The first-order valence-electron chi connectivity index (χ1n) is 8.04. The van der Waals surface area contributed by atoms with E-state index in [2.05, 4.69) is 42.0 Å². The molecule has 0 spiro atoms. The summed E-state index contributed by atoms with van der Waals surface area (Å²) in [7, 11) is 0. The van der Waals surface area contributed by atoms with Gasteiger partial charge in [0.2, 0.25) is 0 Å². The Hall–Kier alpha value is -1.36. The summed E-state index contributed by atoms with van der Waals surface area (Å²) in [4.78, 5) is 11.7. The molecule has 5 nitrogen and oxygen atoms in total. The Bertz CT molecular complexity index is 435. The Labute approximate surface area is 128 Å². The fourth-order valence-corrected chi connectivity index (χ4v) is 2.75. The van der Waals surface area contributed by atoms with Crippen molar-refractivity contribution in [1.29, 1.82) is 0 Å². The molecule has 5 heteroatoms. The average Bonchev–Trinajstić information content (AvgIpc) is 2.82. The van der Waals surface area contributed by atoms with Crippen LogP contribution in [0.3, 0.4) is 0 Å². The fraction of sp³-hybridized carbons (Fsp3) is 0.750. The van der Waals surface area contributed by atoms with Gasteiger partial charge in [0.1, 0.15) is 18.2 Å². The van der Waals surface area contributed by atoms with Crippen LogP contribution in [-0.2, 0) is 11.3 Å². The summed E-state index contributed by atoms with van der Waals surface area (Å²) < 4.78 is 5.48. The van der Waals surface area contributed by atoms with Crippen LogP contribution in [0.2, 0.25) is 0 Å². The first-order chi connectivity index (χ1) is 10.1. The summed E-state index contributed by atoms with van der Waals surface area (Å²) in [6.45, 7) is 11.8. The highest BCUT2D eigenvalue weighted by Crippen LogP contribution is 2.33. The largest absolute Gasteiger partial charge is 0.374 e. The standard InChI is InChI=1S/C16H28N4O/c1-5-9-17-13-11-15(19-14(18-13)12-21-6-2)20-10-7-8-16(20,3)4/h11H,5-10,12H2,1-4H3,(H,17,18,19). The molecule has 1 aliphatic rings. The molecule has 21 heavy (non-hydrogen) atoms. The highest BCUT2D eigenvalue weighted by molar-refractivity contribution is 5.51. The van der Waals surface area contributed by atoms with Crippen molar-refractivity contribution >= 4 is 11.6 Å². The molecule has 1 aliphatic heterocycles. The van der Waals surface area contributed by atoms with Gasteiger partial charge in [0.25, 0.3) is 0 Å². The predicted molar refractivity (Wildman–Crippen MR) is 86.8 cm³/mol. The van der Waals surface area contributed by atoms with Crippen LogP contribution in [-0.4, -0.2) is 35.2 Å². The fourth-order valence-electron chi connectivity index (χ4n) is 2.75. The number of aromatic nitrogens is 2. The van der Waals surface area contributed by atoms with Crippen LogP contribution >= 0.6 is 0 Å². The van der Waals surface area contributed by atoms with Crippen molar-refractivity contribution in [2.45, 2.75) is 59.1 Å². The smallest absolute Gasteiger partial charge is 0.158 e. The third-order valence-electron chi connectivity index (χ3n) is 3.93. The topological polar surface area (TPSA) is 50.3 Å². The molecule has 0 atom stereocenters. The van der Waals surface area contributed by atoms with Gasteiger partial charge >= 0.3 is 0 Å². The van der Waals surface area contributed by atoms with E-state index in [9.17, 15) is 0 Å². The summed E-state index contributed by atoms with van der Waals surface area (Å²) in [5, 5.41) is 3.37. The molecule has 0 unspecified atom stereocenters. The quantitative estimate of drug-likeness (QED) is 0.836. The second-order valence-electron chi connectivity index (χ2n) is 6.16. The van der Waals surface area contributed by atoms with Crippen molar-refractivity contribution in [2.75, 3.05) is 29.9 Å². The van der Waals surface area contributed by atoms with E-state index in [-0.39, 0.29) is 5.54 Å². The van der Waals surface area contributed by atoms with Crippen molar-refractivity contribution in [2.24, 2.45) is 0 Å². The molecule has 0 saturated carbocycles. The highest BCUT2D eigenvalue weighted by atomic mass is 16.5. The minimum Gasteiger partial charge on any atom is -0.374 e. The number of nitrogens with zero attached hydrogens (tertiary/aromatic N) is 3. The van der Waals surface area contributed by atoms with Gasteiger partial charge in [-0.2, -0.15) is 0 Å². The van der Waals surface area contributed by atoms with Crippen molar-refractivity contribution in [3.05, 3.63) is 11.9 Å². The Morgan fingerprint density at radius 3 is 2.76 bits per heavy atom. The molecule has 1 aromatic heterocycles. The van der Waals surface area contributed by atoms with Gasteiger partial charge in [0, 0.05) is 31.3 Å². The molecule has 0 aliphatic carbocycles. The second kappa shape index (κ2) is 7.07. The zero-order chi connectivity index (χ0) is 15.3. The zero-order valence-corrected chi connectivity index (χ0v) is 13.8. The lowest BCUT2D eigenvalue weighted by atomic mass is 10.0. The van der Waals surface area contributed by atoms with E-state index < -0.39 is 0 Å². The number of ether oxygens (including phenoxy) is 1. The van der Waals surface area contributed by atoms with Gasteiger partial charge in [-0.3, -0.25) is 0 Å². The summed E-state index contributed by atoms with van der Waals surface area (Å²) in [6, 6.07) is 2.07. The van der Waals surface area contributed by atoms with Crippen molar-refractivity contribution in [3.8, 4) is 0 Å². The van der Waals surface area contributed by atoms with Gasteiger partial charge in [-0.1, -0.05) is 6.92 Å². The number of nitrogens with one attached hydrogen (secondary N) is 1. The molecule has 0 radical (unpaired) electrons. The molecule has 1 aromatic rings. The van der Waals surface area contributed by atoms with Crippen LogP contribution < -0.4 is 10.2 Å². The van der Waals surface area contributed by atoms with Gasteiger partial charge in [-0.25, -0.2) is 9.97 Å². The maximum atomic E-state index is 5.48. The van der Waals surface area contributed by atoms with E-state index in [0.717, 1.165) is 37.0 Å². The summed E-state index contributed by atoms with van der Waals surface area (Å²) in [5.41, 5.74) is 0.166. The number of anilines is 2. The molecule has 1 N–H and O–H groups in total. The Kier molecular flexibility index (Phi) is 5.39. The van der Waals surface area contributed by atoms with Crippen molar-refractivity contribution in [3.63, 3.8) is 0 Å². The zero-order valence-electron chi connectivity index (χ0n) is 13.8. The molecule has 2 heterocycles. The highest BCUT2D eigenvalue weighted by Gasteiger charge is 2.33. The maximum absolute atomic E-state index is 5.48. The van der Waals surface area contributed by atoms with Gasteiger partial charge in [-0.05, 0) is 40.0 Å². The van der Waals surface area contributed by atoms with Gasteiger partial charge in [0.05, 0.1) is 0 Å². The van der Waals surface area contributed by atoms with E-state index in [1.807, 2.05) is 6.92 Å². The molecular weight excluding hydrogens is 264 g/mol. The predicted octanol–water partition coefficient (Wildman–Crippen LogP) is 3.21. The minimum atomic E-state index is 0.166. The van der Waals surface area contributed by atoms with Gasteiger partial charge in [-0.15, -0.1) is 0 Å². The Balaban J connectivity index is 2.25. The summed E-state index contributed by atoms with van der Waals surface area (Å²) >= 11 is 0. The normalized spacial score (nSPS) is 17.2. The second-order valence-corrected chi connectivity index (χ2v) is 6.16. The van der Waals surface area contributed by atoms with E-state index >= 15 is 0 Å². The minimum absolute atomic E-state index is 0.166. The number of rotatable bonds is 7. The van der Waals surface area contributed by atoms with E-state index in [4.69, 9.17) is 9.72 Å². The molecule has 2 rings (SSSR count). The van der Waals surface area contributed by atoms with Crippen molar-refractivity contribution in [1.82, 2.24) is 9.97 Å². The number of hydrogen-bond acceptors (Lipinski definition) is 5. The maximum Gasteiger partial charge on any atom is 0.158 e. The van der Waals surface area contributed by atoms with Gasteiger partial charge < -0.3 is 15.0 Å². The van der Waals surface area contributed by atoms with Crippen LogP contribution in [0.25, 0.3) is 0 Å². The molecule has 1 fully saturated rings. The number of hydrogen-bond donors (Lipinski definition) is 1. The lowest BCUT2D eigenvalue weighted by Crippen LogP contribution is -2.39. The molecular formula is C16H28N4O. The third-order valence-corrected chi connectivity index (χ3v) is 3.93. The third kappa shape index (κ3) is 4.06. The molecule has 1 saturated heterocycles. The molecule has 0 aromatic carbocycles. The SMILES string of the molecule is CCCNc1cc(N2CCCC2(C)C)nc(COCC)n1. The van der Waals surface area contributed by atoms with Gasteiger partial charge in [0.15, 0.2) is 5.82 Å². The summed E-state index contributed by atoms with van der Waals surface area (Å²) in [5.74, 6) is 2.68. The van der Waals surface area contributed by atoms with Crippen LogP contribution in [0.5, 0.6) is 0 Å². The van der Waals surface area contributed by atoms with Crippen LogP contribution in [0.15, 0.2) is 6.07 Å². The monoisotopic (exact) mass is 292 g/mol. The van der Waals surface area contributed by atoms with E-state index in [0.29, 0.717) is 13.2 Å². The molecule has 118 valence electrons. The van der Waals surface area contributed by atoms with Crippen LogP contribution in [0, 0.1) is 0 Å². The first-order valence-corrected chi connectivity index (χ1v) is 8.04. The lowest BCUT2D eigenvalue weighted by Gasteiger charge is -2.33. The Morgan fingerprint density at radius 1 is 1.33 bits per heavy atom. The van der Waals surface area contributed by atoms with E-state index in [1.54, 1.807) is 0 Å². The lowest BCUT2D eigenvalue weighted by molar-refractivity contribution is 0.128. The van der Waals surface area contributed by atoms with E-state index in [1.165, 1.54) is 12.8 Å². The molecule has 0 bridgehead atoms. The van der Waals surface area contributed by atoms with Crippen LogP contribution in [0.1, 0.15) is 52.8 Å².